The van der Waals surface area contributed by atoms with Crippen molar-refractivity contribution in [2.75, 3.05) is 14.1 Å². The average Bonchev–Trinajstić information content (AvgIpc) is 2.58. The molecule has 0 aromatic carbocycles. The van der Waals surface area contributed by atoms with Crippen LogP contribution in [0, 0.1) is 5.41 Å². The van der Waals surface area contributed by atoms with E-state index < -0.39 is 0 Å². The number of hydrogen-bond acceptors (Lipinski definition) is 1. The van der Waals surface area contributed by atoms with Gasteiger partial charge in [-0.05, 0) is 12.2 Å². The van der Waals surface area contributed by atoms with Crippen molar-refractivity contribution in [3.8, 4) is 0 Å². The maximum atomic E-state index is 2.22. The molecule has 0 N–H and O–H groups in total. The summed E-state index contributed by atoms with van der Waals surface area (Å²) in [5, 5.41) is 0. The summed E-state index contributed by atoms with van der Waals surface area (Å²) in [5.41, 5.74) is 1.44. The van der Waals surface area contributed by atoms with Crippen molar-refractivity contribution in [3.05, 3.63) is 36.1 Å². The molecule has 0 atom stereocenters. The minimum atomic E-state index is 0.189. The minimum Gasteiger partial charge on any atom is -0.378 e. The quantitative estimate of drug-likeness (QED) is 0.582. The van der Waals surface area contributed by atoms with E-state index in [0.717, 1.165) is 0 Å². The summed E-state index contributed by atoms with van der Waals surface area (Å²) in [6.45, 7) is 16.4. The Morgan fingerprint density at radius 2 is 1.28 bits per heavy atom. The van der Waals surface area contributed by atoms with E-state index in [1.165, 1.54) is 5.70 Å². The first kappa shape index (κ1) is 22.2. The summed E-state index contributed by atoms with van der Waals surface area (Å²) in [4.78, 5) is 2.11. The molecule has 0 aromatic heterocycles. The van der Waals surface area contributed by atoms with E-state index in [2.05, 4.69) is 63.2 Å². The van der Waals surface area contributed by atoms with Crippen molar-refractivity contribution in [1.82, 2.24) is 4.90 Å². The Morgan fingerprint density at radius 3 is 1.67 bits per heavy atom. The molecule has 1 aliphatic carbocycles. The zero-order valence-corrected chi connectivity index (χ0v) is 14.3. The first-order valence-electron chi connectivity index (χ1n) is 7.27. The SMILES string of the molecule is CC.CC.CC.CN(C)C1=CC=CC(C)(C)C=C1. The van der Waals surface area contributed by atoms with E-state index in [9.17, 15) is 0 Å². The van der Waals surface area contributed by atoms with Crippen LogP contribution in [-0.2, 0) is 0 Å². The molecule has 1 nitrogen and oxygen atoms in total. The largest absolute Gasteiger partial charge is 0.378 e. The van der Waals surface area contributed by atoms with Gasteiger partial charge in [-0.25, -0.2) is 0 Å². The predicted molar refractivity (Wildman–Crippen MR) is 87.9 cm³/mol. The zero-order valence-electron chi connectivity index (χ0n) is 14.3. The molecule has 18 heavy (non-hydrogen) atoms. The van der Waals surface area contributed by atoms with Crippen molar-refractivity contribution >= 4 is 0 Å². The van der Waals surface area contributed by atoms with Crippen LogP contribution in [0.25, 0.3) is 0 Å². The smallest absolute Gasteiger partial charge is 0.0357 e. The second-order valence-corrected chi connectivity index (χ2v) is 4.00. The molecule has 0 amide bonds. The number of rotatable bonds is 1. The normalized spacial score (nSPS) is 14.4. The van der Waals surface area contributed by atoms with Gasteiger partial charge in [-0.15, -0.1) is 0 Å². The molecule has 108 valence electrons. The lowest BCUT2D eigenvalue weighted by Gasteiger charge is -2.14. The molecular weight excluding hydrogens is 218 g/mol. The van der Waals surface area contributed by atoms with Crippen molar-refractivity contribution in [2.45, 2.75) is 55.4 Å². The zero-order chi connectivity index (χ0) is 15.2. The lowest BCUT2D eigenvalue weighted by Crippen LogP contribution is -2.09. The third-order valence-electron chi connectivity index (χ3n) is 1.99. The van der Waals surface area contributed by atoms with E-state index in [4.69, 9.17) is 0 Å². The van der Waals surface area contributed by atoms with Crippen molar-refractivity contribution in [3.63, 3.8) is 0 Å². The van der Waals surface area contributed by atoms with Gasteiger partial charge in [-0.1, -0.05) is 73.6 Å². The molecule has 0 fully saturated rings. The van der Waals surface area contributed by atoms with Crippen LogP contribution in [0.3, 0.4) is 0 Å². The van der Waals surface area contributed by atoms with Gasteiger partial charge in [-0.3, -0.25) is 0 Å². The predicted octanol–water partition coefficient (Wildman–Crippen LogP) is 5.66. The van der Waals surface area contributed by atoms with Gasteiger partial charge in [0.1, 0.15) is 0 Å². The minimum absolute atomic E-state index is 0.189. The number of likely N-dealkylation sites (N-methyl/N-ethyl adjacent to an activating group) is 1. The van der Waals surface area contributed by atoms with Crippen LogP contribution in [0.15, 0.2) is 36.1 Å². The Labute approximate surface area is 116 Å². The average molecular weight is 253 g/mol. The van der Waals surface area contributed by atoms with Crippen LogP contribution >= 0.6 is 0 Å². The Kier molecular flexibility index (Phi) is 17.4. The first-order chi connectivity index (χ1) is 8.51. The highest BCUT2D eigenvalue weighted by atomic mass is 15.1. The highest BCUT2D eigenvalue weighted by Gasteiger charge is 2.10. The second-order valence-electron chi connectivity index (χ2n) is 4.00. The Morgan fingerprint density at radius 1 is 0.833 bits per heavy atom. The molecule has 0 saturated carbocycles. The lowest BCUT2D eigenvalue weighted by atomic mass is 9.93. The topological polar surface area (TPSA) is 3.24 Å². The number of nitrogens with zero attached hydrogens (tertiary/aromatic N) is 1. The van der Waals surface area contributed by atoms with Crippen LogP contribution in [-0.4, -0.2) is 19.0 Å². The van der Waals surface area contributed by atoms with Gasteiger partial charge in [0.2, 0.25) is 0 Å². The van der Waals surface area contributed by atoms with Gasteiger partial charge in [0, 0.05) is 25.2 Å². The summed E-state index contributed by atoms with van der Waals surface area (Å²) in [5.74, 6) is 0. The molecule has 0 heterocycles. The van der Waals surface area contributed by atoms with Crippen molar-refractivity contribution < 1.29 is 0 Å². The third-order valence-corrected chi connectivity index (χ3v) is 1.99. The molecule has 0 bridgehead atoms. The molecular formula is C17H35N. The summed E-state index contributed by atoms with van der Waals surface area (Å²) >= 11 is 0. The molecule has 0 saturated heterocycles. The van der Waals surface area contributed by atoms with E-state index in [0.29, 0.717) is 0 Å². The summed E-state index contributed by atoms with van der Waals surface area (Å²) in [7, 11) is 4.12. The molecule has 1 aliphatic rings. The fourth-order valence-corrected chi connectivity index (χ4v) is 1.10. The van der Waals surface area contributed by atoms with Crippen molar-refractivity contribution in [1.29, 1.82) is 0 Å². The first-order valence-corrected chi connectivity index (χ1v) is 7.27. The summed E-state index contributed by atoms with van der Waals surface area (Å²) in [6.07, 6.45) is 10.9. The molecule has 0 aromatic rings. The number of hydrogen-bond donors (Lipinski definition) is 0. The van der Waals surface area contributed by atoms with Gasteiger partial charge in [-0.2, -0.15) is 0 Å². The summed E-state index contributed by atoms with van der Waals surface area (Å²) < 4.78 is 0. The van der Waals surface area contributed by atoms with Gasteiger partial charge in [0.15, 0.2) is 0 Å². The monoisotopic (exact) mass is 253 g/mol. The van der Waals surface area contributed by atoms with Crippen LogP contribution in [0.5, 0.6) is 0 Å². The second kappa shape index (κ2) is 14.1. The van der Waals surface area contributed by atoms with E-state index in [1.54, 1.807) is 0 Å². The van der Waals surface area contributed by atoms with Crippen LogP contribution in [0.4, 0.5) is 0 Å². The highest BCUT2D eigenvalue weighted by molar-refractivity contribution is 5.29. The maximum absolute atomic E-state index is 2.22. The van der Waals surface area contributed by atoms with Crippen LogP contribution in [0.2, 0.25) is 0 Å². The molecule has 1 heteroatoms. The molecule has 0 spiro atoms. The van der Waals surface area contributed by atoms with Gasteiger partial charge in [0.25, 0.3) is 0 Å². The van der Waals surface area contributed by atoms with Gasteiger partial charge < -0.3 is 4.90 Å². The molecule has 0 aliphatic heterocycles. The highest BCUT2D eigenvalue weighted by Crippen LogP contribution is 2.22. The number of allylic oxidation sites excluding steroid dienone is 5. The van der Waals surface area contributed by atoms with E-state index in [1.807, 2.05) is 41.5 Å². The van der Waals surface area contributed by atoms with Crippen LogP contribution < -0.4 is 0 Å². The summed E-state index contributed by atoms with van der Waals surface area (Å²) in [6, 6.07) is 0. The molecule has 0 unspecified atom stereocenters. The Bertz CT molecular complexity index is 242. The maximum Gasteiger partial charge on any atom is 0.0357 e. The standard InChI is InChI=1S/C11H17N.3C2H6/c1-11(2)8-5-6-10(7-9-11)12(3)4;3*1-2/h5-9H,1-4H3;3*1-2H3. The fraction of sp³-hybridized carbons (Fsp3) is 0.647. The van der Waals surface area contributed by atoms with Crippen LogP contribution in [0.1, 0.15) is 55.4 Å². The van der Waals surface area contributed by atoms with Gasteiger partial charge in [0.05, 0.1) is 0 Å². The Hall–Kier alpha value is -0.980. The molecule has 0 radical (unpaired) electrons. The van der Waals surface area contributed by atoms with E-state index >= 15 is 0 Å². The lowest BCUT2D eigenvalue weighted by molar-refractivity contribution is 0.528. The fourth-order valence-electron chi connectivity index (χ4n) is 1.10. The Balaban J connectivity index is -0.000000328. The van der Waals surface area contributed by atoms with Gasteiger partial charge >= 0.3 is 0 Å². The molecule has 1 rings (SSSR count). The van der Waals surface area contributed by atoms with E-state index in [-0.39, 0.29) is 5.41 Å². The van der Waals surface area contributed by atoms with Crippen molar-refractivity contribution in [2.24, 2.45) is 5.41 Å². The third kappa shape index (κ3) is 11.5.